The second-order valence-corrected chi connectivity index (χ2v) is 3.21. The minimum Gasteiger partial charge on any atom is -0.396 e. The summed E-state index contributed by atoms with van der Waals surface area (Å²) in [6, 6.07) is 5.62. The molecule has 1 N–H and O–H groups in total. The van der Waals surface area contributed by atoms with Crippen LogP contribution in [0.15, 0.2) is 24.8 Å². The van der Waals surface area contributed by atoms with Gasteiger partial charge in [-0.15, -0.1) is 0 Å². The zero-order valence-electron chi connectivity index (χ0n) is 7.33. The van der Waals surface area contributed by atoms with Gasteiger partial charge in [-0.1, -0.05) is 42.5 Å². The lowest BCUT2D eigenvalue weighted by Crippen LogP contribution is -2.00. The molecule has 1 aromatic rings. The number of hydrogen-bond acceptors (Lipinski definition) is 1. The molecule has 0 spiro atoms. The van der Waals surface area contributed by atoms with E-state index in [1.165, 1.54) is 0 Å². The highest BCUT2D eigenvalue weighted by Gasteiger charge is 2.09. The van der Waals surface area contributed by atoms with Crippen molar-refractivity contribution in [1.82, 2.24) is 0 Å². The van der Waals surface area contributed by atoms with E-state index >= 15 is 0 Å². The van der Waals surface area contributed by atoms with Crippen LogP contribution in [0.4, 0.5) is 0 Å². The molecule has 0 amide bonds. The lowest BCUT2D eigenvalue weighted by Gasteiger charge is -2.11. The molecule has 0 saturated carbocycles. The van der Waals surface area contributed by atoms with E-state index < -0.39 is 0 Å². The van der Waals surface area contributed by atoms with Crippen LogP contribution in [0.5, 0.6) is 0 Å². The third kappa shape index (κ3) is 2.11. The fraction of sp³-hybridized carbons (Fsp3) is 0.182. The maximum Gasteiger partial charge on any atom is 0.0513 e. The van der Waals surface area contributed by atoms with Gasteiger partial charge >= 0.3 is 0 Å². The van der Waals surface area contributed by atoms with Gasteiger partial charge in [0.1, 0.15) is 0 Å². The summed E-state index contributed by atoms with van der Waals surface area (Å²) in [6.45, 7) is 7.45. The highest BCUT2D eigenvalue weighted by atomic mass is 35.5. The summed E-state index contributed by atoms with van der Waals surface area (Å²) in [5, 5.41) is 9.56. The van der Waals surface area contributed by atoms with Gasteiger partial charge in [0.05, 0.1) is 5.02 Å². The normalized spacial score (nSPS) is 12.5. The van der Waals surface area contributed by atoms with Gasteiger partial charge < -0.3 is 5.11 Å². The molecule has 0 saturated heterocycles. The highest BCUT2D eigenvalue weighted by molar-refractivity contribution is 6.32. The first kappa shape index (κ1) is 10.3. The van der Waals surface area contributed by atoms with E-state index in [-0.39, 0.29) is 12.5 Å². The van der Waals surface area contributed by atoms with Crippen LogP contribution in [0.2, 0.25) is 5.02 Å². The third-order valence-electron chi connectivity index (χ3n) is 1.94. The van der Waals surface area contributed by atoms with E-state index in [1.807, 2.05) is 18.2 Å². The summed E-state index contributed by atoms with van der Waals surface area (Å²) < 4.78 is 0. The smallest absolute Gasteiger partial charge is 0.0513 e. The van der Waals surface area contributed by atoms with Crippen molar-refractivity contribution < 1.29 is 5.11 Å². The Labute approximate surface area is 83.7 Å². The Balaban J connectivity index is 3.15. The van der Waals surface area contributed by atoms with E-state index in [4.69, 9.17) is 16.7 Å². The third-order valence-corrected chi connectivity index (χ3v) is 2.38. The van der Waals surface area contributed by atoms with Gasteiger partial charge in [-0.05, 0) is 18.1 Å². The molecular formula is C11H12ClO. The minimum absolute atomic E-state index is 0.000314. The number of aliphatic hydroxyl groups excluding tert-OH is 1. The Morgan fingerprint density at radius 2 is 2.23 bits per heavy atom. The lowest BCUT2D eigenvalue weighted by molar-refractivity contribution is 0.282. The molecule has 0 aliphatic rings. The molecule has 0 heterocycles. The van der Waals surface area contributed by atoms with Crippen molar-refractivity contribution in [2.75, 3.05) is 6.61 Å². The molecule has 0 fully saturated rings. The monoisotopic (exact) mass is 195 g/mol. The average molecular weight is 196 g/mol. The molecule has 0 aromatic heterocycles. The van der Waals surface area contributed by atoms with Crippen LogP contribution in [0.1, 0.15) is 17.0 Å². The first-order valence-electron chi connectivity index (χ1n) is 4.05. The molecule has 13 heavy (non-hydrogen) atoms. The summed E-state index contributed by atoms with van der Waals surface area (Å²) in [5.41, 5.74) is 1.74. The zero-order chi connectivity index (χ0) is 9.84. The molecule has 1 unspecified atom stereocenters. The first-order chi connectivity index (χ1) is 6.20. The summed E-state index contributed by atoms with van der Waals surface area (Å²) >= 11 is 6.06. The maximum atomic E-state index is 8.93. The quantitative estimate of drug-likeness (QED) is 0.787. The van der Waals surface area contributed by atoms with E-state index in [2.05, 4.69) is 13.5 Å². The SMILES string of the molecule is [CH2]C(CO)c1cccc(C=C)c1Cl. The van der Waals surface area contributed by atoms with Crippen LogP contribution in [0.3, 0.4) is 0 Å². The van der Waals surface area contributed by atoms with E-state index in [0.717, 1.165) is 11.1 Å². The average Bonchev–Trinajstić information content (AvgIpc) is 2.17. The molecule has 0 aliphatic carbocycles. The number of halogens is 1. The number of hydrogen-bond donors (Lipinski definition) is 1. The van der Waals surface area contributed by atoms with Crippen molar-refractivity contribution >= 4 is 17.7 Å². The van der Waals surface area contributed by atoms with Crippen LogP contribution < -0.4 is 0 Å². The fourth-order valence-corrected chi connectivity index (χ4v) is 1.50. The molecule has 0 bridgehead atoms. The van der Waals surface area contributed by atoms with Crippen molar-refractivity contribution in [2.45, 2.75) is 5.92 Å². The predicted molar refractivity (Wildman–Crippen MR) is 56.7 cm³/mol. The topological polar surface area (TPSA) is 20.2 Å². The zero-order valence-corrected chi connectivity index (χ0v) is 8.09. The Bertz CT molecular complexity index is 307. The number of aliphatic hydroxyl groups is 1. The van der Waals surface area contributed by atoms with Gasteiger partial charge in [0, 0.05) is 12.5 Å². The van der Waals surface area contributed by atoms with Crippen molar-refractivity contribution in [1.29, 1.82) is 0 Å². The Hall–Kier alpha value is -0.790. The Morgan fingerprint density at radius 3 is 2.77 bits per heavy atom. The van der Waals surface area contributed by atoms with Crippen molar-refractivity contribution in [3.63, 3.8) is 0 Å². The van der Waals surface area contributed by atoms with Gasteiger partial charge in [-0.25, -0.2) is 0 Å². The van der Waals surface area contributed by atoms with Crippen molar-refractivity contribution in [3.05, 3.63) is 47.9 Å². The fourth-order valence-electron chi connectivity index (χ4n) is 1.14. The van der Waals surface area contributed by atoms with E-state index in [0.29, 0.717) is 5.02 Å². The van der Waals surface area contributed by atoms with Crippen LogP contribution in [-0.4, -0.2) is 11.7 Å². The predicted octanol–water partition coefficient (Wildman–Crippen LogP) is 2.89. The molecular weight excluding hydrogens is 184 g/mol. The lowest BCUT2D eigenvalue weighted by atomic mass is 10.00. The molecule has 1 rings (SSSR count). The second-order valence-electron chi connectivity index (χ2n) is 2.83. The van der Waals surface area contributed by atoms with Crippen molar-refractivity contribution in [2.24, 2.45) is 0 Å². The van der Waals surface area contributed by atoms with Crippen LogP contribution in [0, 0.1) is 6.92 Å². The van der Waals surface area contributed by atoms with E-state index in [1.54, 1.807) is 6.08 Å². The standard InChI is InChI=1S/C11H12ClO/c1-3-9-5-4-6-10(11(9)12)8(2)7-13/h3-6,8,13H,1-2,7H2. The van der Waals surface area contributed by atoms with Gasteiger partial charge in [0.25, 0.3) is 0 Å². The number of rotatable bonds is 3. The molecule has 69 valence electrons. The minimum atomic E-state index is -0.174. The molecule has 1 radical (unpaired) electrons. The Kier molecular flexibility index (Phi) is 3.52. The molecule has 1 atom stereocenters. The summed E-state index contributed by atoms with van der Waals surface area (Å²) in [5.74, 6) is -0.174. The van der Waals surface area contributed by atoms with Crippen LogP contribution in [-0.2, 0) is 0 Å². The van der Waals surface area contributed by atoms with Gasteiger partial charge in [0.15, 0.2) is 0 Å². The van der Waals surface area contributed by atoms with E-state index in [9.17, 15) is 0 Å². The summed E-state index contributed by atoms with van der Waals surface area (Å²) in [7, 11) is 0. The molecule has 1 aromatic carbocycles. The summed E-state index contributed by atoms with van der Waals surface area (Å²) in [4.78, 5) is 0. The molecule has 2 heteroatoms. The van der Waals surface area contributed by atoms with Gasteiger partial charge in [-0.2, -0.15) is 0 Å². The highest BCUT2D eigenvalue weighted by Crippen LogP contribution is 2.27. The van der Waals surface area contributed by atoms with Gasteiger partial charge in [0.2, 0.25) is 0 Å². The van der Waals surface area contributed by atoms with Crippen molar-refractivity contribution in [3.8, 4) is 0 Å². The first-order valence-corrected chi connectivity index (χ1v) is 4.43. The van der Waals surface area contributed by atoms with Gasteiger partial charge in [-0.3, -0.25) is 0 Å². The maximum absolute atomic E-state index is 8.93. The largest absolute Gasteiger partial charge is 0.396 e. The number of benzene rings is 1. The summed E-state index contributed by atoms with van der Waals surface area (Å²) in [6.07, 6.45) is 1.69. The Morgan fingerprint density at radius 1 is 1.54 bits per heavy atom. The molecule has 1 nitrogen and oxygen atoms in total. The van der Waals surface area contributed by atoms with Crippen LogP contribution >= 0.6 is 11.6 Å². The second kappa shape index (κ2) is 4.45. The van der Waals surface area contributed by atoms with Crippen LogP contribution in [0.25, 0.3) is 6.08 Å². The molecule has 0 aliphatic heterocycles.